The summed E-state index contributed by atoms with van der Waals surface area (Å²) in [7, 11) is -0.739. The fraction of sp³-hybridized carbons (Fsp3) is 0.261. The van der Waals surface area contributed by atoms with Crippen LogP contribution in [0.1, 0.15) is 18.6 Å². The molecule has 0 aliphatic heterocycles. The topological polar surface area (TPSA) is 122 Å². The first-order chi connectivity index (χ1) is 16.8. The molecular weight excluding hydrogens is 475 g/mol. The van der Waals surface area contributed by atoms with Gasteiger partial charge in [-0.05, 0) is 31.2 Å². The van der Waals surface area contributed by atoms with Gasteiger partial charge in [0.25, 0.3) is 0 Å². The fourth-order valence-electron chi connectivity index (χ4n) is 3.53. The molecular formula is C23H23FN6O4S. The summed E-state index contributed by atoms with van der Waals surface area (Å²) in [6.45, 7) is 1.55. The van der Waals surface area contributed by atoms with E-state index in [-0.39, 0.29) is 18.1 Å². The van der Waals surface area contributed by atoms with Crippen molar-refractivity contribution in [1.82, 2.24) is 29.7 Å². The maximum absolute atomic E-state index is 13.3. The Morgan fingerprint density at radius 1 is 1.00 bits per heavy atom. The van der Waals surface area contributed by atoms with Crippen molar-refractivity contribution in [1.29, 1.82) is 0 Å². The Balaban J connectivity index is 1.79. The highest BCUT2D eigenvalue weighted by Gasteiger charge is 2.29. The van der Waals surface area contributed by atoms with Gasteiger partial charge in [0, 0.05) is 24.4 Å². The molecule has 0 aliphatic rings. The first kappa shape index (κ1) is 24.2. The normalized spacial score (nSPS) is 12.3. The molecule has 1 atom stereocenters. The van der Waals surface area contributed by atoms with Crippen LogP contribution in [0.25, 0.3) is 17.1 Å². The van der Waals surface area contributed by atoms with E-state index in [9.17, 15) is 12.8 Å². The van der Waals surface area contributed by atoms with Gasteiger partial charge in [-0.3, -0.25) is 9.55 Å². The highest BCUT2D eigenvalue weighted by atomic mass is 32.2. The number of para-hydroxylation sites is 1. The zero-order valence-corrected chi connectivity index (χ0v) is 20.1. The van der Waals surface area contributed by atoms with Crippen molar-refractivity contribution in [3.8, 4) is 28.6 Å². The van der Waals surface area contributed by atoms with Gasteiger partial charge in [0.15, 0.2) is 27.3 Å². The highest BCUT2D eigenvalue weighted by Crippen LogP contribution is 2.36. The van der Waals surface area contributed by atoms with Gasteiger partial charge >= 0.3 is 0 Å². The molecule has 0 saturated heterocycles. The predicted molar refractivity (Wildman–Crippen MR) is 125 cm³/mol. The Labute approximate surface area is 201 Å². The monoisotopic (exact) mass is 498 g/mol. The zero-order valence-electron chi connectivity index (χ0n) is 19.3. The van der Waals surface area contributed by atoms with E-state index in [0.717, 1.165) is 12.4 Å². The summed E-state index contributed by atoms with van der Waals surface area (Å²) >= 11 is 0. The van der Waals surface area contributed by atoms with Gasteiger partial charge in [0.1, 0.15) is 28.8 Å². The number of pyridine rings is 1. The van der Waals surface area contributed by atoms with E-state index in [1.165, 1.54) is 14.2 Å². The van der Waals surface area contributed by atoms with Crippen molar-refractivity contribution >= 4 is 9.84 Å². The summed E-state index contributed by atoms with van der Waals surface area (Å²) in [4.78, 5) is 11.9. The summed E-state index contributed by atoms with van der Waals surface area (Å²) in [5.41, 5.74) is 1.09. The van der Waals surface area contributed by atoms with Gasteiger partial charge < -0.3 is 9.47 Å². The van der Waals surface area contributed by atoms with E-state index >= 15 is 0 Å². The zero-order chi connectivity index (χ0) is 25.0. The van der Waals surface area contributed by atoms with Crippen LogP contribution in [0.4, 0.5) is 4.39 Å². The lowest BCUT2D eigenvalue weighted by molar-refractivity contribution is 0.391. The van der Waals surface area contributed by atoms with Gasteiger partial charge in [-0.2, -0.15) is 0 Å². The summed E-state index contributed by atoms with van der Waals surface area (Å²) in [6.07, 6.45) is 5.26. The molecule has 0 unspecified atom stereocenters. The van der Waals surface area contributed by atoms with E-state index in [1.807, 2.05) is 0 Å². The molecule has 10 nitrogen and oxygen atoms in total. The van der Waals surface area contributed by atoms with Crippen LogP contribution < -0.4 is 9.47 Å². The van der Waals surface area contributed by atoms with E-state index < -0.39 is 26.7 Å². The third kappa shape index (κ3) is 5.11. The van der Waals surface area contributed by atoms with Gasteiger partial charge in [-0.15, -0.1) is 10.2 Å². The number of methoxy groups -OCH3 is 2. The molecule has 0 N–H and O–H groups in total. The minimum absolute atomic E-state index is 0.0180. The number of benzene rings is 1. The maximum Gasteiger partial charge on any atom is 0.170 e. The second kappa shape index (κ2) is 10.1. The fourth-order valence-corrected chi connectivity index (χ4v) is 4.76. The molecule has 4 aromatic rings. The van der Waals surface area contributed by atoms with Gasteiger partial charge in [0.05, 0.1) is 31.9 Å². The van der Waals surface area contributed by atoms with Crippen LogP contribution in [0.3, 0.4) is 0 Å². The van der Waals surface area contributed by atoms with Crippen molar-refractivity contribution in [2.45, 2.75) is 24.3 Å². The Bertz CT molecular complexity index is 1390. The van der Waals surface area contributed by atoms with Crippen molar-refractivity contribution in [2.75, 3.05) is 14.2 Å². The predicted octanol–water partition coefficient (Wildman–Crippen LogP) is 2.82. The van der Waals surface area contributed by atoms with Crippen LogP contribution in [0.15, 0.2) is 55.1 Å². The van der Waals surface area contributed by atoms with E-state index in [2.05, 4.69) is 25.1 Å². The number of hydrogen-bond donors (Lipinski definition) is 0. The SMILES string of the molecule is COc1cccc(OC)c1-n1c(CS(=O)(=O)[C@H](C)Cc2ncc(F)cn2)nnc1-c1cccnc1. The smallest absolute Gasteiger partial charge is 0.170 e. The summed E-state index contributed by atoms with van der Waals surface area (Å²) < 4.78 is 52.5. The molecule has 3 heterocycles. The minimum atomic E-state index is -3.75. The third-order valence-corrected chi connectivity index (χ3v) is 7.42. The maximum atomic E-state index is 13.3. The number of sulfone groups is 1. The highest BCUT2D eigenvalue weighted by molar-refractivity contribution is 7.91. The molecule has 3 aromatic heterocycles. The number of aromatic nitrogens is 6. The lowest BCUT2D eigenvalue weighted by atomic mass is 10.2. The molecule has 0 amide bonds. The lowest BCUT2D eigenvalue weighted by Crippen LogP contribution is -2.24. The molecule has 35 heavy (non-hydrogen) atoms. The van der Waals surface area contributed by atoms with Crippen molar-refractivity contribution in [2.24, 2.45) is 0 Å². The average molecular weight is 499 g/mol. The first-order valence-electron chi connectivity index (χ1n) is 10.6. The van der Waals surface area contributed by atoms with E-state index in [4.69, 9.17) is 9.47 Å². The second-order valence-electron chi connectivity index (χ2n) is 7.67. The Hall–Kier alpha value is -3.93. The summed E-state index contributed by atoms with van der Waals surface area (Å²) in [6, 6.07) is 8.77. The molecule has 12 heteroatoms. The third-order valence-electron chi connectivity index (χ3n) is 5.36. The first-order valence-corrected chi connectivity index (χ1v) is 12.3. The number of nitrogens with zero attached hydrogens (tertiary/aromatic N) is 6. The molecule has 1 aromatic carbocycles. The van der Waals surface area contributed by atoms with Crippen LogP contribution in [0, 0.1) is 5.82 Å². The quantitative estimate of drug-likeness (QED) is 0.343. The van der Waals surface area contributed by atoms with Crippen LogP contribution in [-0.2, 0) is 22.0 Å². The number of rotatable bonds is 9. The molecule has 0 bridgehead atoms. The second-order valence-corrected chi connectivity index (χ2v) is 10.1. The van der Waals surface area contributed by atoms with Crippen molar-refractivity contribution < 1.29 is 22.3 Å². The van der Waals surface area contributed by atoms with E-state index in [1.54, 1.807) is 54.2 Å². The number of ether oxygens (including phenoxy) is 2. The molecule has 0 radical (unpaired) electrons. The van der Waals surface area contributed by atoms with E-state index in [0.29, 0.717) is 28.6 Å². The van der Waals surface area contributed by atoms with Crippen LogP contribution in [0.2, 0.25) is 0 Å². The largest absolute Gasteiger partial charge is 0.494 e. The van der Waals surface area contributed by atoms with Crippen molar-refractivity contribution in [3.63, 3.8) is 0 Å². The summed E-state index contributed by atoms with van der Waals surface area (Å²) in [5, 5.41) is 7.64. The van der Waals surface area contributed by atoms with Gasteiger partial charge in [-0.25, -0.2) is 22.8 Å². The average Bonchev–Trinajstić information content (AvgIpc) is 3.27. The molecule has 0 aliphatic carbocycles. The van der Waals surface area contributed by atoms with Gasteiger partial charge in [0.2, 0.25) is 0 Å². The lowest BCUT2D eigenvalue weighted by Gasteiger charge is -2.18. The molecule has 182 valence electrons. The number of halogens is 1. The summed E-state index contributed by atoms with van der Waals surface area (Å²) in [5.74, 6) is 0.641. The van der Waals surface area contributed by atoms with Gasteiger partial charge in [-0.1, -0.05) is 6.07 Å². The van der Waals surface area contributed by atoms with Crippen LogP contribution in [-0.4, -0.2) is 57.6 Å². The Morgan fingerprint density at radius 3 is 2.29 bits per heavy atom. The minimum Gasteiger partial charge on any atom is -0.494 e. The Kier molecular flexibility index (Phi) is 7.01. The molecule has 0 spiro atoms. The number of hydrogen-bond acceptors (Lipinski definition) is 9. The Morgan fingerprint density at radius 2 is 1.69 bits per heavy atom. The molecule has 0 saturated carbocycles. The molecule has 0 fully saturated rings. The van der Waals surface area contributed by atoms with Crippen LogP contribution >= 0.6 is 0 Å². The molecule has 4 rings (SSSR count). The van der Waals surface area contributed by atoms with Crippen molar-refractivity contribution in [3.05, 3.63) is 72.6 Å². The standard InChI is InChI=1S/C23H23FN6O4S/c1-15(10-20-26-12-17(24)13-27-20)35(31,32)14-21-28-29-23(16-6-5-9-25-11-16)30(21)22-18(33-2)7-4-8-19(22)34-3/h4-9,11-13,15H,10,14H2,1-3H3/t15-/m1/s1. The van der Waals surface area contributed by atoms with Crippen LogP contribution in [0.5, 0.6) is 11.5 Å².